The fraction of sp³-hybridized carbons (Fsp3) is 0.0909. The molecule has 0 saturated heterocycles. The maximum Gasteiger partial charge on any atom is 0.270 e. The summed E-state index contributed by atoms with van der Waals surface area (Å²) in [6.07, 6.45) is 1.69. The molecule has 2 aromatic rings. The number of rotatable bonds is 3. The fourth-order valence-corrected chi connectivity index (χ4v) is 1.65. The van der Waals surface area contributed by atoms with Crippen LogP contribution in [0, 0.1) is 17.0 Å². The zero-order chi connectivity index (χ0) is 14.0. The van der Waals surface area contributed by atoms with E-state index in [1.165, 1.54) is 22.9 Å². The molecule has 8 nitrogen and oxygen atoms in total. The molecular formula is C11H11N5O3. The molecule has 0 radical (unpaired) electrons. The van der Waals surface area contributed by atoms with E-state index in [0.29, 0.717) is 5.69 Å². The highest BCUT2D eigenvalue weighted by molar-refractivity contribution is 6.00. The van der Waals surface area contributed by atoms with Gasteiger partial charge in [0.1, 0.15) is 0 Å². The van der Waals surface area contributed by atoms with Crippen molar-refractivity contribution in [3.05, 3.63) is 51.8 Å². The molecule has 0 atom stereocenters. The van der Waals surface area contributed by atoms with Gasteiger partial charge in [-0.3, -0.25) is 10.1 Å². The molecule has 1 aromatic carbocycles. The molecule has 0 spiro atoms. The number of oxime groups is 1. The van der Waals surface area contributed by atoms with E-state index in [1.54, 1.807) is 12.3 Å². The first-order valence-electron chi connectivity index (χ1n) is 5.32. The Bertz CT molecular complexity index is 662. The number of nitro groups is 1. The van der Waals surface area contributed by atoms with Crippen molar-refractivity contribution in [1.29, 1.82) is 0 Å². The van der Waals surface area contributed by atoms with Crippen LogP contribution in [0.25, 0.3) is 5.69 Å². The van der Waals surface area contributed by atoms with E-state index in [4.69, 9.17) is 10.9 Å². The number of non-ortho nitro benzene ring substituents is 1. The van der Waals surface area contributed by atoms with Crippen LogP contribution in [0.5, 0.6) is 0 Å². The number of nitro benzene ring substituents is 1. The van der Waals surface area contributed by atoms with Crippen molar-refractivity contribution in [1.82, 2.24) is 9.78 Å². The van der Waals surface area contributed by atoms with Gasteiger partial charge in [0.15, 0.2) is 5.84 Å². The van der Waals surface area contributed by atoms with Crippen LogP contribution >= 0.6 is 0 Å². The van der Waals surface area contributed by atoms with Crippen LogP contribution in [0.3, 0.4) is 0 Å². The van der Waals surface area contributed by atoms with Crippen LogP contribution in [0.1, 0.15) is 11.3 Å². The van der Waals surface area contributed by atoms with Crippen molar-refractivity contribution in [3.8, 4) is 5.69 Å². The molecule has 0 amide bonds. The van der Waals surface area contributed by atoms with Gasteiger partial charge in [0.25, 0.3) is 5.69 Å². The van der Waals surface area contributed by atoms with Gasteiger partial charge in [0.05, 0.1) is 21.9 Å². The second-order valence-corrected chi connectivity index (χ2v) is 3.85. The lowest BCUT2D eigenvalue weighted by molar-refractivity contribution is -0.384. The van der Waals surface area contributed by atoms with Crippen molar-refractivity contribution in [2.75, 3.05) is 0 Å². The molecule has 3 N–H and O–H groups in total. The maximum atomic E-state index is 10.8. The third-order valence-corrected chi connectivity index (χ3v) is 2.54. The molecule has 0 aliphatic carbocycles. The van der Waals surface area contributed by atoms with Gasteiger partial charge in [0.2, 0.25) is 0 Å². The second kappa shape index (κ2) is 4.77. The summed E-state index contributed by atoms with van der Waals surface area (Å²) in [5.41, 5.74) is 6.91. The molecule has 8 heteroatoms. The van der Waals surface area contributed by atoms with Crippen LogP contribution in [0.15, 0.2) is 35.6 Å². The van der Waals surface area contributed by atoms with Gasteiger partial charge in [-0.15, -0.1) is 0 Å². The largest absolute Gasteiger partial charge is 0.409 e. The summed E-state index contributed by atoms with van der Waals surface area (Å²) in [4.78, 5) is 10.2. The molecule has 0 fully saturated rings. The first-order valence-corrected chi connectivity index (χ1v) is 5.32. The predicted octanol–water partition coefficient (Wildman–Crippen LogP) is 1.18. The van der Waals surface area contributed by atoms with E-state index in [2.05, 4.69) is 10.3 Å². The molecule has 1 heterocycles. The van der Waals surface area contributed by atoms with Crippen LogP contribution in [0.2, 0.25) is 0 Å². The van der Waals surface area contributed by atoms with E-state index >= 15 is 0 Å². The molecule has 1 aromatic heterocycles. The van der Waals surface area contributed by atoms with Crippen molar-refractivity contribution in [2.24, 2.45) is 10.9 Å². The Hall–Kier alpha value is -2.90. The monoisotopic (exact) mass is 261 g/mol. The van der Waals surface area contributed by atoms with Gasteiger partial charge in [-0.05, 0) is 19.1 Å². The molecular weight excluding hydrogens is 250 g/mol. The molecule has 2 rings (SSSR count). The molecule has 19 heavy (non-hydrogen) atoms. The van der Waals surface area contributed by atoms with Crippen molar-refractivity contribution in [3.63, 3.8) is 0 Å². The first-order chi connectivity index (χ1) is 9.02. The van der Waals surface area contributed by atoms with Crippen LogP contribution in [-0.2, 0) is 0 Å². The standard InChI is InChI=1S/C11H11N5O3/c1-7-4-5-15(13-7)10-3-2-8(16(18)19)6-9(10)11(12)14-17/h2-6,17H,1H3,(H2,12,14). The van der Waals surface area contributed by atoms with E-state index in [9.17, 15) is 10.1 Å². The number of nitrogens with zero attached hydrogens (tertiary/aromatic N) is 4. The minimum Gasteiger partial charge on any atom is -0.409 e. The first kappa shape index (κ1) is 12.6. The smallest absolute Gasteiger partial charge is 0.270 e. The summed E-state index contributed by atoms with van der Waals surface area (Å²) in [6.45, 7) is 1.81. The maximum absolute atomic E-state index is 10.8. The summed E-state index contributed by atoms with van der Waals surface area (Å²) in [5.74, 6) is -0.216. The van der Waals surface area contributed by atoms with Crippen molar-refractivity contribution < 1.29 is 10.1 Å². The lowest BCUT2D eigenvalue weighted by atomic mass is 10.1. The fourth-order valence-electron chi connectivity index (χ4n) is 1.65. The molecule has 98 valence electrons. The Morgan fingerprint density at radius 2 is 2.26 bits per heavy atom. The number of hydrogen-bond donors (Lipinski definition) is 2. The van der Waals surface area contributed by atoms with Crippen LogP contribution in [-0.4, -0.2) is 25.7 Å². The average molecular weight is 261 g/mol. The van der Waals surface area contributed by atoms with Gasteiger partial charge in [0, 0.05) is 18.3 Å². The minimum absolute atomic E-state index is 0.144. The van der Waals surface area contributed by atoms with E-state index in [1.807, 2.05) is 6.92 Å². The zero-order valence-electron chi connectivity index (χ0n) is 10.0. The molecule has 0 aliphatic rings. The van der Waals surface area contributed by atoms with E-state index in [0.717, 1.165) is 5.69 Å². The highest BCUT2D eigenvalue weighted by atomic mass is 16.6. The van der Waals surface area contributed by atoms with Gasteiger partial charge in [-0.1, -0.05) is 5.16 Å². The third kappa shape index (κ3) is 2.37. The van der Waals surface area contributed by atoms with Gasteiger partial charge in [-0.2, -0.15) is 5.10 Å². The lowest BCUT2D eigenvalue weighted by Gasteiger charge is -2.08. The summed E-state index contributed by atoms with van der Waals surface area (Å²) in [5, 5.41) is 26.6. The average Bonchev–Trinajstić information content (AvgIpc) is 2.83. The normalized spacial score (nSPS) is 11.5. The number of nitrogens with two attached hydrogens (primary N) is 1. The van der Waals surface area contributed by atoms with Crippen LogP contribution in [0.4, 0.5) is 5.69 Å². The number of aromatic nitrogens is 2. The highest BCUT2D eigenvalue weighted by Gasteiger charge is 2.15. The van der Waals surface area contributed by atoms with Gasteiger partial charge >= 0.3 is 0 Å². The zero-order valence-corrected chi connectivity index (χ0v) is 10.0. The SMILES string of the molecule is Cc1ccn(-c2ccc([N+](=O)[O-])cc2C(N)=NO)n1. The van der Waals surface area contributed by atoms with Crippen LogP contribution < -0.4 is 5.73 Å². The summed E-state index contributed by atoms with van der Waals surface area (Å²) >= 11 is 0. The van der Waals surface area contributed by atoms with Gasteiger partial charge < -0.3 is 10.9 Å². The number of benzene rings is 1. The Balaban J connectivity index is 2.63. The van der Waals surface area contributed by atoms with Crippen molar-refractivity contribution >= 4 is 11.5 Å². The van der Waals surface area contributed by atoms with Gasteiger partial charge in [-0.25, -0.2) is 4.68 Å². The molecule has 0 saturated carbocycles. The number of hydrogen-bond acceptors (Lipinski definition) is 5. The van der Waals surface area contributed by atoms with E-state index in [-0.39, 0.29) is 17.1 Å². The molecule has 0 unspecified atom stereocenters. The van der Waals surface area contributed by atoms with E-state index < -0.39 is 4.92 Å². The highest BCUT2D eigenvalue weighted by Crippen LogP contribution is 2.21. The Labute approximate surface area is 107 Å². The topological polar surface area (TPSA) is 120 Å². The Kier molecular flexibility index (Phi) is 3.15. The quantitative estimate of drug-likeness (QED) is 0.282. The Morgan fingerprint density at radius 3 is 2.79 bits per heavy atom. The summed E-state index contributed by atoms with van der Waals surface area (Å²) in [6, 6.07) is 5.84. The number of aryl methyl sites for hydroxylation is 1. The molecule has 0 aliphatic heterocycles. The summed E-state index contributed by atoms with van der Waals surface area (Å²) in [7, 11) is 0. The minimum atomic E-state index is -0.549. The second-order valence-electron chi connectivity index (χ2n) is 3.85. The number of amidine groups is 1. The predicted molar refractivity (Wildman–Crippen MR) is 67.5 cm³/mol. The third-order valence-electron chi connectivity index (χ3n) is 2.54. The van der Waals surface area contributed by atoms with Crippen molar-refractivity contribution in [2.45, 2.75) is 6.92 Å². The lowest BCUT2D eigenvalue weighted by Crippen LogP contribution is -2.17. The Morgan fingerprint density at radius 1 is 1.53 bits per heavy atom. The summed E-state index contributed by atoms with van der Waals surface area (Å²) < 4.78 is 1.51. The molecule has 0 bridgehead atoms.